The van der Waals surface area contributed by atoms with Gasteiger partial charge in [-0.3, -0.25) is 10.1 Å². The van der Waals surface area contributed by atoms with Gasteiger partial charge in [0, 0.05) is 23.8 Å². The van der Waals surface area contributed by atoms with Crippen molar-refractivity contribution in [3.63, 3.8) is 0 Å². The molecule has 0 atom stereocenters. The lowest BCUT2D eigenvalue weighted by molar-refractivity contribution is -0.385. The van der Waals surface area contributed by atoms with Crippen LogP contribution in [0.15, 0.2) is 40.3 Å². The van der Waals surface area contributed by atoms with Crippen molar-refractivity contribution < 1.29 is 32.3 Å². The summed E-state index contributed by atoms with van der Waals surface area (Å²) in [4.78, 5) is 12.6. The minimum atomic E-state index is -4.13. The van der Waals surface area contributed by atoms with E-state index >= 15 is 0 Å². The molecule has 11 nitrogen and oxygen atoms in total. The number of hydrogen-bond acceptors (Lipinski definition) is 9. The van der Waals surface area contributed by atoms with Gasteiger partial charge in [0.25, 0.3) is 10.0 Å². The van der Waals surface area contributed by atoms with Gasteiger partial charge in [0.2, 0.25) is 5.75 Å². The molecule has 168 valence electrons. The van der Waals surface area contributed by atoms with Crippen molar-refractivity contribution in [2.24, 2.45) is 5.10 Å². The maximum absolute atomic E-state index is 12.7. The molecule has 0 saturated heterocycles. The highest BCUT2D eigenvalue weighted by atomic mass is 32.2. The van der Waals surface area contributed by atoms with Gasteiger partial charge in [-0.25, -0.2) is 0 Å². The molecular weight excluding hydrogens is 430 g/mol. The molecule has 31 heavy (non-hydrogen) atoms. The van der Waals surface area contributed by atoms with Gasteiger partial charge >= 0.3 is 5.69 Å². The fourth-order valence-electron chi connectivity index (χ4n) is 2.57. The summed E-state index contributed by atoms with van der Waals surface area (Å²) in [6.07, 6.45) is 1.11. The van der Waals surface area contributed by atoms with Gasteiger partial charge in [-0.05, 0) is 26.0 Å². The summed E-state index contributed by atoms with van der Waals surface area (Å²) < 4.78 is 46.3. The summed E-state index contributed by atoms with van der Waals surface area (Å²) in [5, 5.41) is 15.1. The standard InChI is InChI=1S/C19H23N3O8S/c1-5-29-17-11-18(30-6-2)15(22(23)24)9-13(17)12-20-21-31(25,26)19-10-14(27-3)7-8-16(19)28-4/h7-12,21H,5-6H2,1-4H3/b20-12+. The molecule has 2 rings (SSSR count). The molecule has 0 unspecified atom stereocenters. The van der Waals surface area contributed by atoms with Crippen LogP contribution < -0.4 is 23.8 Å². The number of nitro groups is 1. The van der Waals surface area contributed by atoms with Gasteiger partial charge in [-0.1, -0.05) is 0 Å². The van der Waals surface area contributed by atoms with Crippen molar-refractivity contribution in [1.82, 2.24) is 4.83 Å². The molecule has 1 N–H and O–H groups in total. The third kappa shape index (κ3) is 5.75. The number of benzene rings is 2. The Morgan fingerprint density at radius 3 is 2.29 bits per heavy atom. The fraction of sp³-hybridized carbons (Fsp3) is 0.316. The van der Waals surface area contributed by atoms with Crippen LogP contribution in [-0.4, -0.2) is 47.0 Å². The number of nitro benzene ring substituents is 1. The largest absolute Gasteiger partial charge is 0.497 e. The molecule has 0 amide bonds. The first kappa shape index (κ1) is 23.7. The lowest BCUT2D eigenvalue weighted by Crippen LogP contribution is -2.19. The molecule has 2 aromatic rings. The molecule has 0 bridgehead atoms. The Bertz CT molecular complexity index is 1070. The Kier molecular flexibility index (Phi) is 8.02. The third-order valence-corrected chi connectivity index (χ3v) is 5.17. The lowest BCUT2D eigenvalue weighted by atomic mass is 10.1. The average Bonchev–Trinajstić information content (AvgIpc) is 2.74. The topological polar surface area (TPSA) is 139 Å². The summed E-state index contributed by atoms with van der Waals surface area (Å²) in [6, 6.07) is 6.84. The Morgan fingerprint density at radius 2 is 1.71 bits per heavy atom. The highest BCUT2D eigenvalue weighted by Crippen LogP contribution is 2.34. The summed E-state index contributed by atoms with van der Waals surface area (Å²) in [5.74, 6) is 0.689. The monoisotopic (exact) mass is 453 g/mol. The van der Waals surface area contributed by atoms with E-state index in [1.807, 2.05) is 0 Å². The summed E-state index contributed by atoms with van der Waals surface area (Å²) in [5.41, 5.74) is -0.110. The summed E-state index contributed by atoms with van der Waals surface area (Å²) in [7, 11) is -1.39. The van der Waals surface area contributed by atoms with Crippen LogP contribution in [0, 0.1) is 10.1 Å². The van der Waals surface area contributed by atoms with Crippen molar-refractivity contribution in [3.8, 4) is 23.0 Å². The molecular formula is C19H23N3O8S. The highest BCUT2D eigenvalue weighted by molar-refractivity contribution is 7.89. The first-order valence-electron chi connectivity index (χ1n) is 9.12. The molecule has 0 radical (unpaired) electrons. The second-order valence-electron chi connectivity index (χ2n) is 5.85. The maximum Gasteiger partial charge on any atom is 0.311 e. The van der Waals surface area contributed by atoms with Crippen LogP contribution in [0.25, 0.3) is 0 Å². The molecule has 0 aliphatic heterocycles. The van der Waals surface area contributed by atoms with Crippen LogP contribution >= 0.6 is 0 Å². The maximum atomic E-state index is 12.7. The number of ether oxygens (including phenoxy) is 4. The van der Waals surface area contributed by atoms with E-state index in [0.717, 1.165) is 6.21 Å². The second-order valence-corrected chi connectivity index (χ2v) is 7.48. The van der Waals surface area contributed by atoms with Gasteiger partial charge in [0.05, 0.1) is 38.6 Å². The van der Waals surface area contributed by atoms with Crippen LogP contribution in [0.3, 0.4) is 0 Å². The molecule has 0 aliphatic rings. The Labute approximate surface area is 179 Å². The van der Waals surface area contributed by atoms with E-state index in [1.54, 1.807) is 19.9 Å². The highest BCUT2D eigenvalue weighted by Gasteiger charge is 2.22. The number of sulfonamides is 1. The Balaban J connectivity index is 2.41. The van der Waals surface area contributed by atoms with Gasteiger partial charge in [0.15, 0.2) is 0 Å². The fourth-order valence-corrected chi connectivity index (χ4v) is 3.55. The molecule has 2 aromatic carbocycles. The Hall–Kier alpha value is -3.54. The number of rotatable bonds is 11. The SMILES string of the molecule is CCOc1cc(OCC)c([N+](=O)[O-])cc1/C=N/NS(=O)(=O)c1cc(OC)ccc1OC. The number of nitrogens with zero attached hydrogens (tertiary/aromatic N) is 2. The zero-order valence-corrected chi connectivity index (χ0v) is 18.3. The van der Waals surface area contributed by atoms with Crippen LogP contribution in [0.5, 0.6) is 23.0 Å². The number of hydrogen-bond donors (Lipinski definition) is 1. The predicted molar refractivity (Wildman–Crippen MR) is 113 cm³/mol. The van der Waals surface area contributed by atoms with Crippen molar-refractivity contribution >= 4 is 21.9 Å². The van der Waals surface area contributed by atoms with E-state index < -0.39 is 14.9 Å². The first-order chi connectivity index (χ1) is 14.8. The van der Waals surface area contributed by atoms with Gasteiger partial charge < -0.3 is 18.9 Å². The van der Waals surface area contributed by atoms with E-state index in [4.69, 9.17) is 18.9 Å². The summed E-state index contributed by atoms with van der Waals surface area (Å²) in [6.45, 7) is 3.93. The van der Waals surface area contributed by atoms with E-state index in [2.05, 4.69) is 9.93 Å². The van der Waals surface area contributed by atoms with Crippen molar-refractivity contribution in [3.05, 3.63) is 46.0 Å². The van der Waals surface area contributed by atoms with E-state index in [1.165, 1.54) is 38.5 Å². The van der Waals surface area contributed by atoms with Crippen molar-refractivity contribution in [2.45, 2.75) is 18.7 Å². The van der Waals surface area contributed by atoms with Gasteiger partial charge in [-0.2, -0.15) is 18.4 Å². The zero-order chi connectivity index (χ0) is 23.0. The van der Waals surface area contributed by atoms with Crippen molar-refractivity contribution in [1.29, 1.82) is 0 Å². The van der Waals surface area contributed by atoms with Crippen molar-refractivity contribution in [2.75, 3.05) is 27.4 Å². The molecule has 0 aromatic heterocycles. The number of hydrazone groups is 1. The van der Waals surface area contributed by atoms with Crippen LogP contribution in [0.4, 0.5) is 5.69 Å². The van der Waals surface area contributed by atoms with Crippen LogP contribution in [-0.2, 0) is 10.0 Å². The van der Waals surface area contributed by atoms with E-state index in [-0.39, 0.29) is 46.6 Å². The molecule has 0 heterocycles. The minimum absolute atomic E-state index is 0.0368. The van der Waals surface area contributed by atoms with Crippen LogP contribution in [0.2, 0.25) is 0 Å². The van der Waals surface area contributed by atoms with E-state index in [0.29, 0.717) is 5.75 Å². The van der Waals surface area contributed by atoms with Crippen LogP contribution in [0.1, 0.15) is 19.4 Å². The summed E-state index contributed by atoms with van der Waals surface area (Å²) >= 11 is 0. The normalized spacial score (nSPS) is 11.2. The first-order valence-corrected chi connectivity index (χ1v) is 10.6. The van der Waals surface area contributed by atoms with Gasteiger partial charge in [0.1, 0.15) is 22.1 Å². The van der Waals surface area contributed by atoms with E-state index in [9.17, 15) is 18.5 Å². The smallest absolute Gasteiger partial charge is 0.311 e. The molecule has 0 spiro atoms. The molecule has 0 fully saturated rings. The second kappa shape index (κ2) is 10.5. The van der Waals surface area contributed by atoms with Gasteiger partial charge in [-0.15, -0.1) is 0 Å². The zero-order valence-electron chi connectivity index (χ0n) is 17.4. The molecule has 12 heteroatoms. The molecule has 0 aliphatic carbocycles. The third-order valence-electron chi connectivity index (χ3n) is 3.92. The lowest BCUT2D eigenvalue weighted by Gasteiger charge is -2.12. The Morgan fingerprint density at radius 1 is 1.03 bits per heavy atom. The number of methoxy groups -OCH3 is 2. The quantitative estimate of drug-likeness (QED) is 0.311. The molecule has 0 saturated carbocycles. The number of nitrogens with one attached hydrogen (secondary N) is 1. The predicted octanol–water partition coefficient (Wildman–Crippen LogP) is 2.72. The minimum Gasteiger partial charge on any atom is -0.497 e. The average molecular weight is 453 g/mol.